The number of benzene rings is 3. The molecule has 0 saturated heterocycles. The number of anilines is 2. The van der Waals surface area contributed by atoms with Crippen LogP contribution in [0.4, 0.5) is 10.8 Å². The number of nitrogens with one attached hydrogen (secondary N) is 2. The summed E-state index contributed by atoms with van der Waals surface area (Å²) in [5, 5.41) is 6.52. The van der Waals surface area contributed by atoms with Crippen LogP contribution in [0.3, 0.4) is 0 Å². The number of carbonyl (C=O) groups is 1. The maximum atomic E-state index is 13.5. The lowest BCUT2D eigenvalue weighted by atomic mass is 10.1. The molecule has 0 aliphatic rings. The maximum absolute atomic E-state index is 13.5. The van der Waals surface area contributed by atoms with Crippen molar-refractivity contribution in [2.45, 2.75) is 14.4 Å². The standard InChI is InChI=1S/C28H23N3O4S4/c1-35-22-10-5-9-20(17-22)24-18-37-28(29-24)30-27(32)26(19-7-3-2-4-8-19)38-23-14-12-21(13-15-23)31-39(33,34)25-11-6-16-36-25/h2-18,26,31H,1H3,(H,29,30,32). The molecule has 5 rings (SSSR count). The molecule has 1 unspecified atom stereocenters. The zero-order chi connectivity index (χ0) is 27.2. The molecule has 5 aromatic rings. The highest BCUT2D eigenvalue weighted by Crippen LogP contribution is 2.37. The number of sulfonamides is 1. The molecule has 2 aromatic heterocycles. The van der Waals surface area contributed by atoms with Gasteiger partial charge in [0.15, 0.2) is 5.13 Å². The highest BCUT2D eigenvalue weighted by molar-refractivity contribution is 8.00. The van der Waals surface area contributed by atoms with Crippen LogP contribution in [0.2, 0.25) is 0 Å². The summed E-state index contributed by atoms with van der Waals surface area (Å²) >= 11 is 3.88. The first-order valence-corrected chi connectivity index (χ1v) is 15.8. The summed E-state index contributed by atoms with van der Waals surface area (Å²) in [6, 6.07) is 27.3. The maximum Gasteiger partial charge on any atom is 0.271 e. The first kappa shape index (κ1) is 26.9. The Morgan fingerprint density at radius 3 is 2.46 bits per heavy atom. The number of thioether (sulfide) groups is 1. The topological polar surface area (TPSA) is 97.4 Å². The third-order valence-corrected chi connectivity index (χ3v) is 10.4. The molecule has 0 saturated carbocycles. The summed E-state index contributed by atoms with van der Waals surface area (Å²) in [7, 11) is -2.02. The first-order valence-electron chi connectivity index (χ1n) is 11.7. The molecule has 1 amide bonds. The van der Waals surface area contributed by atoms with Gasteiger partial charge in [-0.25, -0.2) is 13.4 Å². The molecular formula is C28H23N3O4S4. The molecule has 0 aliphatic heterocycles. The quantitative estimate of drug-likeness (QED) is 0.167. The Hall–Kier alpha value is -3.64. The summed E-state index contributed by atoms with van der Waals surface area (Å²) in [5.74, 6) is 0.525. The minimum atomic E-state index is -3.63. The van der Waals surface area contributed by atoms with Gasteiger partial charge in [0.05, 0.1) is 12.8 Å². The van der Waals surface area contributed by atoms with Crippen LogP contribution in [-0.2, 0) is 14.8 Å². The fraction of sp³-hybridized carbons (Fsp3) is 0.0714. The number of thiazole rings is 1. The molecule has 2 N–H and O–H groups in total. The van der Waals surface area contributed by atoms with E-state index in [2.05, 4.69) is 15.0 Å². The lowest BCUT2D eigenvalue weighted by molar-refractivity contribution is -0.115. The molecule has 0 radical (unpaired) electrons. The van der Waals surface area contributed by atoms with Gasteiger partial charge in [-0.05, 0) is 53.4 Å². The minimum Gasteiger partial charge on any atom is -0.497 e. The Bertz CT molecular complexity index is 1650. The second-order valence-electron chi connectivity index (χ2n) is 8.23. The zero-order valence-corrected chi connectivity index (χ0v) is 23.9. The van der Waals surface area contributed by atoms with Gasteiger partial charge in [-0.2, -0.15) is 0 Å². The predicted molar refractivity (Wildman–Crippen MR) is 159 cm³/mol. The van der Waals surface area contributed by atoms with Crippen LogP contribution in [-0.4, -0.2) is 26.4 Å². The molecule has 0 bridgehead atoms. The zero-order valence-electron chi connectivity index (χ0n) is 20.6. The van der Waals surface area contributed by atoms with E-state index in [-0.39, 0.29) is 10.1 Å². The van der Waals surface area contributed by atoms with E-state index in [0.29, 0.717) is 10.8 Å². The Balaban J connectivity index is 1.32. The van der Waals surface area contributed by atoms with E-state index in [1.54, 1.807) is 48.9 Å². The van der Waals surface area contributed by atoms with Crippen molar-refractivity contribution in [2.24, 2.45) is 0 Å². The number of amides is 1. The second-order valence-corrected chi connectivity index (χ2v) is 13.1. The van der Waals surface area contributed by atoms with Crippen molar-refractivity contribution < 1.29 is 17.9 Å². The lowest BCUT2D eigenvalue weighted by Crippen LogP contribution is -2.19. The molecule has 7 nitrogen and oxygen atoms in total. The van der Waals surface area contributed by atoms with Crippen LogP contribution < -0.4 is 14.8 Å². The third-order valence-electron chi connectivity index (χ3n) is 5.56. The van der Waals surface area contributed by atoms with Gasteiger partial charge in [0.25, 0.3) is 10.0 Å². The van der Waals surface area contributed by atoms with Gasteiger partial charge >= 0.3 is 0 Å². The Kier molecular flexibility index (Phi) is 8.32. The number of thiophene rings is 1. The number of hydrogen-bond donors (Lipinski definition) is 2. The average Bonchev–Trinajstić information content (AvgIpc) is 3.66. The SMILES string of the molecule is COc1cccc(-c2csc(NC(=O)C(Sc3ccc(NS(=O)(=O)c4cccs4)cc3)c3ccccc3)n2)c1. The Morgan fingerprint density at radius 2 is 1.74 bits per heavy atom. The van der Waals surface area contributed by atoms with Gasteiger partial charge in [0, 0.05) is 21.5 Å². The third kappa shape index (κ3) is 6.69. The van der Waals surface area contributed by atoms with E-state index < -0.39 is 15.3 Å². The van der Waals surface area contributed by atoms with E-state index in [1.807, 2.05) is 60.0 Å². The lowest BCUT2D eigenvalue weighted by Gasteiger charge is -2.16. The molecular weight excluding hydrogens is 571 g/mol. The normalized spacial score (nSPS) is 12.0. The van der Waals surface area contributed by atoms with Crippen molar-refractivity contribution in [2.75, 3.05) is 17.1 Å². The van der Waals surface area contributed by atoms with Crippen LogP contribution in [0.1, 0.15) is 10.8 Å². The molecule has 0 fully saturated rings. The van der Waals surface area contributed by atoms with Crippen LogP contribution in [0.5, 0.6) is 5.75 Å². The molecule has 11 heteroatoms. The predicted octanol–water partition coefficient (Wildman–Crippen LogP) is 7.15. The number of methoxy groups -OCH3 is 1. The molecule has 39 heavy (non-hydrogen) atoms. The number of rotatable bonds is 10. The number of nitrogens with zero attached hydrogens (tertiary/aromatic N) is 1. The van der Waals surface area contributed by atoms with Crippen molar-refractivity contribution in [3.63, 3.8) is 0 Å². The number of carbonyl (C=O) groups excluding carboxylic acids is 1. The van der Waals surface area contributed by atoms with Crippen molar-refractivity contribution in [3.8, 4) is 17.0 Å². The van der Waals surface area contributed by atoms with Gasteiger partial charge in [0.2, 0.25) is 5.91 Å². The van der Waals surface area contributed by atoms with Crippen molar-refractivity contribution >= 4 is 61.2 Å². The Morgan fingerprint density at radius 1 is 0.949 bits per heavy atom. The van der Waals surface area contributed by atoms with E-state index in [9.17, 15) is 13.2 Å². The van der Waals surface area contributed by atoms with Gasteiger partial charge < -0.3 is 10.1 Å². The van der Waals surface area contributed by atoms with Gasteiger partial charge in [-0.15, -0.1) is 34.4 Å². The molecule has 3 aromatic carbocycles. The van der Waals surface area contributed by atoms with E-state index in [4.69, 9.17) is 4.74 Å². The summed E-state index contributed by atoms with van der Waals surface area (Å²) in [6.45, 7) is 0. The molecule has 0 spiro atoms. The summed E-state index contributed by atoms with van der Waals surface area (Å²) in [5.41, 5.74) is 2.93. The summed E-state index contributed by atoms with van der Waals surface area (Å²) in [6.07, 6.45) is 0. The Labute approximate surface area is 239 Å². The first-order chi connectivity index (χ1) is 18.9. The largest absolute Gasteiger partial charge is 0.497 e. The number of aromatic nitrogens is 1. The second kappa shape index (κ2) is 12.0. The molecule has 198 valence electrons. The molecule has 2 heterocycles. The van der Waals surface area contributed by atoms with E-state index >= 15 is 0 Å². The summed E-state index contributed by atoms with van der Waals surface area (Å²) < 4.78 is 33.2. The molecule has 1 atom stereocenters. The highest BCUT2D eigenvalue weighted by Gasteiger charge is 2.23. The van der Waals surface area contributed by atoms with Crippen LogP contribution >= 0.6 is 34.4 Å². The van der Waals surface area contributed by atoms with Crippen molar-refractivity contribution in [1.29, 1.82) is 0 Å². The minimum absolute atomic E-state index is 0.208. The van der Waals surface area contributed by atoms with Crippen molar-refractivity contribution in [3.05, 3.63) is 107 Å². The van der Waals surface area contributed by atoms with Gasteiger partial charge in [-0.1, -0.05) is 48.5 Å². The fourth-order valence-corrected chi connectivity index (χ4v) is 7.48. The smallest absolute Gasteiger partial charge is 0.271 e. The van der Waals surface area contributed by atoms with E-state index in [1.165, 1.54) is 23.1 Å². The van der Waals surface area contributed by atoms with Crippen LogP contribution in [0.25, 0.3) is 11.3 Å². The molecule has 0 aliphatic carbocycles. The summed E-state index contributed by atoms with van der Waals surface area (Å²) in [4.78, 5) is 18.9. The van der Waals surface area contributed by atoms with Crippen LogP contribution in [0.15, 0.2) is 111 Å². The van der Waals surface area contributed by atoms with Gasteiger partial charge in [0.1, 0.15) is 15.2 Å². The van der Waals surface area contributed by atoms with Crippen molar-refractivity contribution in [1.82, 2.24) is 4.98 Å². The fourth-order valence-electron chi connectivity index (χ4n) is 3.68. The van der Waals surface area contributed by atoms with E-state index in [0.717, 1.165) is 38.8 Å². The van der Waals surface area contributed by atoms with Crippen LogP contribution in [0, 0.1) is 0 Å². The monoisotopic (exact) mass is 593 g/mol. The average molecular weight is 594 g/mol. The highest BCUT2D eigenvalue weighted by atomic mass is 32.2. The number of ether oxygens (including phenoxy) is 1. The van der Waals surface area contributed by atoms with Gasteiger partial charge in [-0.3, -0.25) is 9.52 Å². The number of hydrogen-bond acceptors (Lipinski definition) is 8.